The largest absolute Gasteiger partial charge is 0.348 e. The van der Waals surface area contributed by atoms with Gasteiger partial charge in [0.15, 0.2) is 0 Å². The van der Waals surface area contributed by atoms with Gasteiger partial charge in [-0.3, -0.25) is 4.79 Å². The highest BCUT2D eigenvalue weighted by molar-refractivity contribution is 5.77. The number of carbonyl (C=O) groups excluding carboxylic acids is 1. The average Bonchev–Trinajstić information content (AvgIpc) is 3.14. The smallest absolute Gasteiger partial charge is 0.223 e. The molecule has 20 heavy (non-hydrogen) atoms. The summed E-state index contributed by atoms with van der Waals surface area (Å²) in [5.74, 6) is 2.87. The van der Waals surface area contributed by atoms with Crippen LogP contribution in [0.4, 0.5) is 0 Å². The van der Waals surface area contributed by atoms with Crippen molar-refractivity contribution < 1.29 is 4.79 Å². The molecule has 1 aromatic rings. The molecule has 0 aromatic carbocycles. The van der Waals surface area contributed by atoms with Crippen LogP contribution >= 0.6 is 0 Å². The lowest BCUT2D eigenvalue weighted by atomic mass is 9.86. The molecule has 2 saturated carbocycles. The van der Waals surface area contributed by atoms with Crippen molar-refractivity contribution in [3.05, 3.63) is 24.0 Å². The van der Waals surface area contributed by atoms with Crippen molar-refractivity contribution >= 4 is 5.91 Å². The van der Waals surface area contributed by atoms with E-state index in [-0.39, 0.29) is 6.04 Å². The van der Waals surface area contributed by atoms with Gasteiger partial charge >= 0.3 is 0 Å². The van der Waals surface area contributed by atoms with Crippen LogP contribution in [-0.2, 0) is 11.3 Å². The van der Waals surface area contributed by atoms with Gasteiger partial charge in [0.2, 0.25) is 5.91 Å². The molecule has 0 radical (unpaired) electrons. The minimum absolute atomic E-state index is 0.241. The summed E-state index contributed by atoms with van der Waals surface area (Å²) in [6.45, 7) is 4.00. The van der Waals surface area contributed by atoms with Crippen molar-refractivity contribution in [1.82, 2.24) is 9.47 Å². The lowest BCUT2D eigenvalue weighted by molar-refractivity contribution is -0.135. The molecule has 2 aliphatic carbocycles. The first kappa shape index (κ1) is 12.5. The highest BCUT2D eigenvalue weighted by Gasteiger charge is 2.41. The Labute approximate surface area is 120 Å². The minimum atomic E-state index is 0.241. The van der Waals surface area contributed by atoms with Crippen molar-refractivity contribution in [2.45, 2.75) is 51.6 Å². The first-order chi connectivity index (χ1) is 9.72. The fraction of sp³-hybridized carbons (Fsp3) is 0.706. The molecule has 2 fully saturated rings. The summed E-state index contributed by atoms with van der Waals surface area (Å²) in [6.07, 6.45) is 8.44. The number of amides is 1. The molecule has 3 heteroatoms. The van der Waals surface area contributed by atoms with Gasteiger partial charge in [-0.25, -0.2) is 0 Å². The molecule has 108 valence electrons. The number of hydrogen-bond donors (Lipinski definition) is 0. The molecule has 0 N–H and O–H groups in total. The van der Waals surface area contributed by atoms with Crippen LogP contribution in [0, 0.1) is 17.8 Å². The average molecular weight is 272 g/mol. The van der Waals surface area contributed by atoms with E-state index in [1.165, 1.54) is 31.4 Å². The van der Waals surface area contributed by atoms with E-state index in [4.69, 9.17) is 0 Å². The van der Waals surface area contributed by atoms with Gasteiger partial charge in [-0.2, -0.15) is 0 Å². The highest BCUT2D eigenvalue weighted by atomic mass is 16.2. The van der Waals surface area contributed by atoms with Gasteiger partial charge < -0.3 is 9.47 Å². The van der Waals surface area contributed by atoms with Gasteiger partial charge in [-0.1, -0.05) is 6.42 Å². The zero-order valence-electron chi connectivity index (χ0n) is 12.3. The number of nitrogens with zero attached hydrogens (tertiary/aromatic N) is 2. The Morgan fingerprint density at radius 3 is 2.95 bits per heavy atom. The number of fused-ring (bicyclic) bond motifs is 3. The topological polar surface area (TPSA) is 25.2 Å². The monoisotopic (exact) mass is 272 g/mol. The first-order valence-corrected chi connectivity index (χ1v) is 8.17. The molecule has 1 aliphatic heterocycles. The van der Waals surface area contributed by atoms with Gasteiger partial charge in [0.1, 0.15) is 0 Å². The van der Waals surface area contributed by atoms with Gasteiger partial charge in [0.05, 0.1) is 6.04 Å². The molecule has 1 aromatic heterocycles. The molecule has 2 heterocycles. The van der Waals surface area contributed by atoms with Crippen molar-refractivity contribution in [3.8, 4) is 0 Å². The van der Waals surface area contributed by atoms with Gasteiger partial charge in [-0.05, 0) is 56.1 Å². The van der Waals surface area contributed by atoms with Crippen molar-refractivity contribution in [3.63, 3.8) is 0 Å². The third kappa shape index (κ3) is 1.90. The van der Waals surface area contributed by atoms with E-state index < -0.39 is 0 Å². The summed E-state index contributed by atoms with van der Waals surface area (Å²) < 4.78 is 2.28. The summed E-state index contributed by atoms with van der Waals surface area (Å²) in [5, 5.41) is 0. The third-order valence-corrected chi connectivity index (χ3v) is 5.98. The number of aromatic nitrogens is 1. The lowest BCUT2D eigenvalue weighted by Gasteiger charge is -2.36. The predicted octanol–water partition coefficient (Wildman–Crippen LogP) is 3.22. The van der Waals surface area contributed by atoms with Crippen LogP contribution in [0.1, 0.15) is 50.8 Å². The van der Waals surface area contributed by atoms with Crippen LogP contribution in [0.3, 0.4) is 0 Å². The van der Waals surface area contributed by atoms with Crippen LogP contribution in [0.5, 0.6) is 0 Å². The van der Waals surface area contributed by atoms with E-state index in [1.807, 2.05) is 0 Å². The molecular formula is C17H24N2O. The molecule has 0 spiro atoms. The van der Waals surface area contributed by atoms with Gasteiger partial charge in [0.25, 0.3) is 0 Å². The van der Waals surface area contributed by atoms with Crippen molar-refractivity contribution in [2.24, 2.45) is 17.8 Å². The maximum absolute atomic E-state index is 12.7. The van der Waals surface area contributed by atoms with Crippen molar-refractivity contribution in [2.75, 3.05) is 6.54 Å². The SMILES string of the molecule is C[C@H]1c2cccn2CCN1C(=O)C[C@@H]1C[C@H]2CC[C@H]1C2. The van der Waals surface area contributed by atoms with Gasteiger partial charge in [0, 0.05) is 31.4 Å². The number of carbonyl (C=O) groups is 1. The second kappa shape index (κ2) is 4.64. The quantitative estimate of drug-likeness (QED) is 0.811. The summed E-state index contributed by atoms with van der Waals surface area (Å²) in [7, 11) is 0. The molecule has 0 saturated heterocycles. The third-order valence-electron chi connectivity index (χ3n) is 5.98. The Morgan fingerprint density at radius 2 is 2.20 bits per heavy atom. The minimum Gasteiger partial charge on any atom is -0.348 e. The van der Waals surface area contributed by atoms with E-state index in [0.29, 0.717) is 11.8 Å². The Balaban J connectivity index is 1.44. The molecule has 0 unspecified atom stereocenters. The van der Waals surface area contributed by atoms with Crippen LogP contribution in [0.25, 0.3) is 0 Å². The Morgan fingerprint density at radius 1 is 1.30 bits per heavy atom. The normalized spacial score (nSPS) is 35.4. The fourth-order valence-corrected chi connectivity index (χ4v) is 4.89. The summed E-state index contributed by atoms with van der Waals surface area (Å²) in [6, 6.07) is 4.49. The van der Waals surface area contributed by atoms with E-state index >= 15 is 0 Å². The van der Waals surface area contributed by atoms with Crippen LogP contribution < -0.4 is 0 Å². The summed E-state index contributed by atoms with van der Waals surface area (Å²) in [5.41, 5.74) is 1.29. The Hall–Kier alpha value is -1.25. The molecule has 2 bridgehead atoms. The molecule has 4 atom stereocenters. The lowest BCUT2D eigenvalue weighted by Crippen LogP contribution is -2.41. The zero-order chi connectivity index (χ0) is 13.7. The molecule has 3 nitrogen and oxygen atoms in total. The van der Waals surface area contributed by atoms with Crippen LogP contribution in [0.2, 0.25) is 0 Å². The Bertz CT molecular complexity index is 521. The molecule has 3 aliphatic rings. The molecule has 1 amide bonds. The van der Waals surface area contributed by atoms with Gasteiger partial charge in [-0.15, -0.1) is 0 Å². The van der Waals surface area contributed by atoms with Crippen LogP contribution in [-0.4, -0.2) is 21.9 Å². The van der Waals surface area contributed by atoms with E-state index in [2.05, 4.69) is 34.7 Å². The second-order valence-electron chi connectivity index (χ2n) is 7.03. The first-order valence-electron chi connectivity index (χ1n) is 8.17. The maximum atomic E-state index is 12.7. The van der Waals surface area contributed by atoms with E-state index in [1.54, 1.807) is 0 Å². The molecule has 4 rings (SSSR count). The zero-order valence-corrected chi connectivity index (χ0v) is 12.3. The second-order valence-corrected chi connectivity index (χ2v) is 7.03. The van der Waals surface area contributed by atoms with Crippen LogP contribution in [0.15, 0.2) is 18.3 Å². The van der Waals surface area contributed by atoms with Crippen molar-refractivity contribution in [1.29, 1.82) is 0 Å². The number of hydrogen-bond acceptors (Lipinski definition) is 1. The van der Waals surface area contributed by atoms with E-state index in [0.717, 1.165) is 31.3 Å². The standard InChI is InChI=1S/C17H24N2O/c1-12-16-3-2-6-18(16)7-8-19(12)17(20)11-15-10-13-4-5-14(15)9-13/h2-3,6,12-15H,4-5,7-11H2,1H3/t12-,13-,14-,15-/m0/s1. The predicted molar refractivity (Wildman–Crippen MR) is 78.1 cm³/mol. The number of rotatable bonds is 2. The Kier molecular flexibility index (Phi) is 2.90. The highest BCUT2D eigenvalue weighted by Crippen LogP contribution is 2.49. The summed E-state index contributed by atoms with van der Waals surface area (Å²) in [4.78, 5) is 14.8. The van der Waals surface area contributed by atoms with E-state index in [9.17, 15) is 4.79 Å². The fourth-order valence-electron chi connectivity index (χ4n) is 4.89. The summed E-state index contributed by atoms with van der Waals surface area (Å²) >= 11 is 0. The molecular weight excluding hydrogens is 248 g/mol. The maximum Gasteiger partial charge on any atom is 0.223 e.